The van der Waals surface area contributed by atoms with Crippen molar-refractivity contribution in [2.24, 2.45) is 0 Å². The number of nitrogens with zero attached hydrogens (tertiary/aromatic N) is 4. The average Bonchev–Trinajstić information content (AvgIpc) is 3.23. The lowest BCUT2D eigenvalue weighted by Gasteiger charge is -2.13. The van der Waals surface area contributed by atoms with Gasteiger partial charge in [-0.1, -0.05) is 42.1 Å². The van der Waals surface area contributed by atoms with E-state index in [4.69, 9.17) is 0 Å². The predicted molar refractivity (Wildman–Crippen MR) is 127 cm³/mol. The first kappa shape index (κ1) is 21.6. The summed E-state index contributed by atoms with van der Waals surface area (Å²) in [6.45, 7) is 0. The number of hydrogen-bond acceptors (Lipinski definition) is 5. The van der Waals surface area contributed by atoms with Gasteiger partial charge in [-0.25, -0.2) is 4.39 Å². The summed E-state index contributed by atoms with van der Waals surface area (Å²) in [6.07, 6.45) is 0. The van der Waals surface area contributed by atoms with E-state index in [1.54, 1.807) is 12.1 Å². The van der Waals surface area contributed by atoms with Gasteiger partial charge >= 0.3 is 0 Å². The molecule has 0 saturated carbocycles. The van der Waals surface area contributed by atoms with Gasteiger partial charge in [0.2, 0.25) is 5.91 Å². The molecule has 6 nitrogen and oxygen atoms in total. The minimum atomic E-state index is -0.322. The lowest BCUT2D eigenvalue weighted by Crippen LogP contribution is -2.15. The summed E-state index contributed by atoms with van der Waals surface area (Å²) >= 11 is 1.27. The maximum atomic E-state index is 13.5. The molecule has 0 spiro atoms. The molecule has 4 rings (SSSR count). The molecule has 0 aliphatic rings. The Morgan fingerprint density at radius 3 is 2.31 bits per heavy atom. The van der Waals surface area contributed by atoms with Gasteiger partial charge in [0.05, 0.1) is 5.75 Å². The Morgan fingerprint density at radius 2 is 1.66 bits per heavy atom. The molecule has 162 valence electrons. The summed E-state index contributed by atoms with van der Waals surface area (Å²) in [4.78, 5) is 14.5. The van der Waals surface area contributed by atoms with Crippen LogP contribution in [0.4, 0.5) is 15.8 Å². The quantitative estimate of drug-likeness (QED) is 0.410. The number of thioether (sulfide) groups is 1. The minimum absolute atomic E-state index is 0.150. The number of carbonyl (C=O) groups excluding carboxylic acids is 1. The highest BCUT2D eigenvalue weighted by atomic mass is 32.2. The maximum absolute atomic E-state index is 13.5. The van der Waals surface area contributed by atoms with Crippen molar-refractivity contribution in [3.63, 3.8) is 0 Å². The number of rotatable bonds is 7. The molecule has 0 atom stereocenters. The van der Waals surface area contributed by atoms with Gasteiger partial charge in [-0.3, -0.25) is 9.36 Å². The van der Waals surface area contributed by atoms with Gasteiger partial charge in [-0.05, 0) is 48.5 Å². The second kappa shape index (κ2) is 9.65. The van der Waals surface area contributed by atoms with Crippen LogP contribution in [0, 0.1) is 5.82 Å². The summed E-state index contributed by atoms with van der Waals surface area (Å²) in [6, 6.07) is 23.4. The van der Waals surface area contributed by atoms with E-state index in [1.807, 2.05) is 78.2 Å². The molecule has 0 radical (unpaired) electrons. The van der Waals surface area contributed by atoms with Gasteiger partial charge in [0.1, 0.15) is 5.82 Å². The number of hydrogen-bond donors (Lipinski definition) is 1. The number of anilines is 2. The van der Waals surface area contributed by atoms with Crippen LogP contribution in [0.2, 0.25) is 0 Å². The number of amides is 1. The highest BCUT2D eigenvalue weighted by molar-refractivity contribution is 7.99. The second-order valence-electron chi connectivity index (χ2n) is 7.26. The summed E-state index contributed by atoms with van der Waals surface area (Å²) in [5.41, 5.74) is 3.38. The fraction of sp³-hybridized carbons (Fsp3) is 0.125. The van der Waals surface area contributed by atoms with Gasteiger partial charge in [-0.2, -0.15) is 0 Å². The molecule has 0 saturated heterocycles. The highest BCUT2D eigenvalue weighted by Crippen LogP contribution is 2.28. The normalized spacial score (nSPS) is 10.7. The van der Waals surface area contributed by atoms with E-state index in [9.17, 15) is 9.18 Å². The lowest BCUT2D eigenvalue weighted by atomic mass is 10.2. The van der Waals surface area contributed by atoms with E-state index in [2.05, 4.69) is 15.5 Å². The lowest BCUT2D eigenvalue weighted by molar-refractivity contribution is -0.113. The van der Waals surface area contributed by atoms with E-state index >= 15 is 0 Å². The zero-order valence-electron chi connectivity index (χ0n) is 17.7. The zero-order chi connectivity index (χ0) is 22.5. The molecule has 0 bridgehead atoms. The molecule has 8 heteroatoms. The number of aromatic nitrogens is 3. The summed E-state index contributed by atoms with van der Waals surface area (Å²) < 4.78 is 15.3. The van der Waals surface area contributed by atoms with Crippen molar-refractivity contribution in [2.45, 2.75) is 5.16 Å². The van der Waals surface area contributed by atoms with Crippen LogP contribution in [0.25, 0.3) is 17.1 Å². The Balaban J connectivity index is 1.53. The Bertz CT molecular complexity index is 1190. The van der Waals surface area contributed by atoms with Crippen molar-refractivity contribution in [1.82, 2.24) is 14.8 Å². The van der Waals surface area contributed by atoms with Crippen LogP contribution in [-0.4, -0.2) is 40.5 Å². The van der Waals surface area contributed by atoms with Gasteiger partial charge in [-0.15, -0.1) is 10.2 Å². The largest absolute Gasteiger partial charge is 0.378 e. The molecule has 0 fully saturated rings. The number of benzene rings is 3. The fourth-order valence-corrected chi connectivity index (χ4v) is 3.88. The van der Waals surface area contributed by atoms with Crippen molar-refractivity contribution in [2.75, 3.05) is 30.1 Å². The smallest absolute Gasteiger partial charge is 0.234 e. The van der Waals surface area contributed by atoms with Gasteiger partial charge < -0.3 is 10.2 Å². The van der Waals surface area contributed by atoms with E-state index in [0.29, 0.717) is 11.0 Å². The molecule has 0 aliphatic carbocycles. The Kier molecular flexibility index (Phi) is 6.51. The number of nitrogens with one attached hydrogen (secondary N) is 1. The third kappa shape index (κ3) is 4.97. The molecule has 1 amide bonds. The predicted octanol–water partition coefficient (Wildman–Crippen LogP) is 4.87. The summed E-state index contributed by atoms with van der Waals surface area (Å²) in [5.74, 6) is 0.308. The van der Waals surface area contributed by atoms with Crippen molar-refractivity contribution in [3.05, 3.63) is 84.7 Å². The van der Waals surface area contributed by atoms with Gasteiger partial charge in [0.25, 0.3) is 0 Å². The first-order chi connectivity index (χ1) is 15.5. The van der Waals surface area contributed by atoms with Crippen LogP contribution < -0.4 is 10.2 Å². The number of carbonyl (C=O) groups is 1. The molecular formula is C24H22FN5OS. The van der Waals surface area contributed by atoms with Gasteiger partial charge in [0, 0.05) is 36.7 Å². The molecule has 3 aromatic carbocycles. The molecule has 0 unspecified atom stereocenters. The Labute approximate surface area is 190 Å². The maximum Gasteiger partial charge on any atom is 0.234 e. The molecule has 1 N–H and O–H groups in total. The van der Waals surface area contributed by atoms with E-state index in [1.165, 1.54) is 23.9 Å². The van der Waals surface area contributed by atoms with Crippen LogP contribution in [-0.2, 0) is 4.79 Å². The van der Waals surface area contributed by atoms with Crippen molar-refractivity contribution in [3.8, 4) is 17.1 Å². The Hall–Kier alpha value is -3.65. The van der Waals surface area contributed by atoms with Crippen molar-refractivity contribution in [1.29, 1.82) is 0 Å². The van der Waals surface area contributed by atoms with E-state index in [0.717, 1.165) is 22.6 Å². The van der Waals surface area contributed by atoms with Crippen LogP contribution in [0.15, 0.2) is 84.0 Å². The van der Waals surface area contributed by atoms with Crippen LogP contribution >= 0.6 is 11.8 Å². The second-order valence-corrected chi connectivity index (χ2v) is 8.20. The third-order valence-corrected chi connectivity index (χ3v) is 5.68. The zero-order valence-corrected chi connectivity index (χ0v) is 18.5. The minimum Gasteiger partial charge on any atom is -0.378 e. The monoisotopic (exact) mass is 447 g/mol. The van der Waals surface area contributed by atoms with Gasteiger partial charge in [0.15, 0.2) is 11.0 Å². The number of halogens is 1. The molecule has 0 aliphatic heterocycles. The Morgan fingerprint density at radius 1 is 0.969 bits per heavy atom. The van der Waals surface area contributed by atoms with Crippen molar-refractivity contribution < 1.29 is 9.18 Å². The van der Waals surface area contributed by atoms with Crippen LogP contribution in [0.5, 0.6) is 0 Å². The standard InChI is InChI=1S/C24H22FN5OS/c1-29(2)20-14-10-19(11-15-20)26-22(31)16-32-24-28-27-23(17-6-4-3-5-7-17)30(24)21-12-8-18(25)9-13-21/h3-15H,16H2,1-2H3,(H,26,31). The first-order valence-electron chi connectivity index (χ1n) is 9.98. The molecule has 1 aromatic heterocycles. The third-order valence-electron chi connectivity index (χ3n) is 4.75. The van der Waals surface area contributed by atoms with Crippen LogP contribution in [0.1, 0.15) is 0 Å². The highest BCUT2D eigenvalue weighted by Gasteiger charge is 2.17. The molecule has 32 heavy (non-hydrogen) atoms. The molecule has 4 aromatic rings. The van der Waals surface area contributed by atoms with E-state index in [-0.39, 0.29) is 17.5 Å². The molecular weight excluding hydrogens is 425 g/mol. The fourth-order valence-electron chi connectivity index (χ4n) is 3.13. The summed E-state index contributed by atoms with van der Waals surface area (Å²) in [5, 5.41) is 12.1. The first-order valence-corrected chi connectivity index (χ1v) is 11.0. The molecule has 1 heterocycles. The summed E-state index contributed by atoms with van der Waals surface area (Å²) in [7, 11) is 3.93. The topological polar surface area (TPSA) is 63.1 Å². The van der Waals surface area contributed by atoms with Crippen LogP contribution in [0.3, 0.4) is 0 Å². The SMILES string of the molecule is CN(C)c1ccc(NC(=O)CSc2nnc(-c3ccccc3)n2-c2ccc(F)cc2)cc1. The van der Waals surface area contributed by atoms with E-state index < -0.39 is 0 Å². The van der Waals surface area contributed by atoms with Crippen molar-refractivity contribution >= 4 is 29.0 Å². The average molecular weight is 448 g/mol.